The van der Waals surface area contributed by atoms with Crippen LogP contribution in [0.15, 0.2) is 12.1 Å². The minimum atomic E-state index is -0.920. The number of aryl methyl sites for hydroxylation is 2. The van der Waals surface area contributed by atoms with Gasteiger partial charge in [0.25, 0.3) is 0 Å². The van der Waals surface area contributed by atoms with E-state index < -0.39 is 31.4 Å². The molecule has 1 atom stereocenters. The summed E-state index contributed by atoms with van der Waals surface area (Å²) in [5, 5.41) is 12.9. The number of fused-ring (bicyclic) bond motifs is 1. The van der Waals surface area contributed by atoms with Gasteiger partial charge >= 0.3 is 179 Å². The summed E-state index contributed by atoms with van der Waals surface area (Å²) in [6, 6.07) is 4.38. The average Bonchev–Trinajstić information content (AvgIpc) is 2.79. The number of pyridine rings is 1. The maximum absolute atomic E-state index is 12.1. The summed E-state index contributed by atoms with van der Waals surface area (Å²) in [7, 11) is 0. The first-order valence-corrected chi connectivity index (χ1v) is 14.8. The topological polar surface area (TPSA) is 101 Å². The Hall–Kier alpha value is -1.42. The molecule has 3 N–H and O–H groups in total. The van der Waals surface area contributed by atoms with Crippen molar-refractivity contribution < 1.29 is 40.9 Å². The van der Waals surface area contributed by atoms with E-state index in [1.165, 1.54) is 12.0 Å². The van der Waals surface area contributed by atoms with Crippen LogP contribution in [-0.4, -0.2) is 45.1 Å². The van der Waals surface area contributed by atoms with Crippen LogP contribution < -0.4 is 30.3 Å². The van der Waals surface area contributed by atoms with Gasteiger partial charge in [-0.2, -0.15) is 0 Å². The molecule has 1 unspecified atom stereocenters. The molecule has 0 saturated heterocycles. The van der Waals surface area contributed by atoms with Crippen LogP contribution in [0.5, 0.6) is 0 Å². The number of halogens is 1. The molecule has 0 aromatic carbocycles. The number of carboxylic acid groups (broad SMARTS) is 1. The van der Waals surface area contributed by atoms with Crippen molar-refractivity contribution in [3.63, 3.8) is 0 Å². The Bertz CT molecular complexity index is 781. The Morgan fingerprint density at radius 3 is 2.82 bits per heavy atom. The molecule has 0 bridgehead atoms. The number of amides is 1. The SMILES string of the molecule is CCC(CC)CC(=O)N[I-]C(CCOC1CC(CCc2ccc3c(n2)NCCC3)C1)C(=O)O. The zero-order valence-corrected chi connectivity index (χ0v) is 22.1. The Morgan fingerprint density at radius 2 is 2.09 bits per heavy atom. The van der Waals surface area contributed by atoms with Gasteiger partial charge in [0, 0.05) is 6.54 Å². The standard InChI is InChI=1S/C25H39IN3O4/c1-3-17(4-2)16-23(30)29-26-22(25(31)32)11-13-33-21-14-18(15-21)7-9-20-10-8-19-6-5-12-27-24(19)28-20/h8,10,17-18,21-22H,3-7,9,11-16H2,1-2H3,(H,27,28)(H,29,30)(H,31,32)/q-1. The van der Waals surface area contributed by atoms with Crippen molar-refractivity contribution in [2.75, 3.05) is 18.5 Å². The van der Waals surface area contributed by atoms with Gasteiger partial charge in [-0.25, -0.2) is 0 Å². The molecule has 1 fully saturated rings. The second-order valence-electron chi connectivity index (χ2n) is 9.32. The van der Waals surface area contributed by atoms with Gasteiger partial charge in [-0.3, -0.25) is 0 Å². The van der Waals surface area contributed by atoms with Gasteiger partial charge in [0.15, 0.2) is 0 Å². The first-order chi connectivity index (χ1) is 16.0. The van der Waals surface area contributed by atoms with E-state index in [1.807, 2.05) is 0 Å². The third-order valence-electron chi connectivity index (χ3n) is 6.87. The fourth-order valence-corrected chi connectivity index (χ4v) is 6.25. The molecule has 8 heteroatoms. The van der Waals surface area contributed by atoms with Crippen LogP contribution in [0.25, 0.3) is 0 Å². The zero-order valence-electron chi connectivity index (χ0n) is 19.9. The summed E-state index contributed by atoms with van der Waals surface area (Å²) in [5.74, 6) is 1.28. The number of carboxylic acids is 1. The molecular formula is C25H39IN3O4-. The van der Waals surface area contributed by atoms with Gasteiger partial charge in [0.05, 0.1) is 0 Å². The van der Waals surface area contributed by atoms with Crippen molar-refractivity contribution in [2.45, 2.75) is 88.1 Å². The van der Waals surface area contributed by atoms with Crippen molar-refractivity contribution >= 4 is 17.7 Å². The number of nitrogens with one attached hydrogen (secondary N) is 2. The Balaban J connectivity index is 1.28. The molecule has 1 amide bonds. The van der Waals surface area contributed by atoms with Gasteiger partial charge in [-0.15, -0.1) is 0 Å². The number of carbonyl (C=O) groups excluding carboxylic acids is 1. The molecule has 1 aliphatic heterocycles. The third-order valence-corrected chi connectivity index (χ3v) is 9.69. The number of alkyl halides is 1. The molecule has 2 heterocycles. The Kier molecular flexibility index (Phi) is 10.7. The van der Waals surface area contributed by atoms with Gasteiger partial charge in [-0.1, -0.05) is 0 Å². The van der Waals surface area contributed by atoms with E-state index in [2.05, 4.69) is 34.8 Å². The summed E-state index contributed by atoms with van der Waals surface area (Å²) >= 11 is -0.920. The average molecular weight is 573 g/mol. The van der Waals surface area contributed by atoms with Gasteiger partial charge in [0.1, 0.15) is 0 Å². The second kappa shape index (κ2) is 13.5. The number of carbonyl (C=O) groups is 2. The van der Waals surface area contributed by atoms with Gasteiger partial charge < -0.3 is 5.32 Å². The summed E-state index contributed by atoms with van der Waals surface area (Å²) in [4.78, 5) is 28.4. The molecular weight excluding hydrogens is 533 g/mol. The molecule has 7 nitrogen and oxygen atoms in total. The van der Waals surface area contributed by atoms with E-state index in [9.17, 15) is 14.7 Å². The number of anilines is 1. The Morgan fingerprint density at radius 1 is 1.30 bits per heavy atom. The summed E-state index contributed by atoms with van der Waals surface area (Å²) in [5.41, 5.74) is 2.49. The van der Waals surface area contributed by atoms with E-state index in [1.54, 1.807) is 0 Å². The van der Waals surface area contributed by atoms with E-state index in [0.29, 0.717) is 31.3 Å². The van der Waals surface area contributed by atoms with Crippen LogP contribution in [-0.2, 0) is 27.2 Å². The van der Waals surface area contributed by atoms with Crippen molar-refractivity contribution in [3.8, 4) is 0 Å². The van der Waals surface area contributed by atoms with Crippen molar-refractivity contribution in [1.29, 1.82) is 0 Å². The quantitative estimate of drug-likeness (QED) is 0.175. The number of nitrogens with zero attached hydrogens (tertiary/aromatic N) is 1. The molecule has 3 rings (SSSR count). The third kappa shape index (κ3) is 8.38. The zero-order chi connectivity index (χ0) is 23.6. The van der Waals surface area contributed by atoms with E-state index in [4.69, 9.17) is 9.72 Å². The molecule has 33 heavy (non-hydrogen) atoms. The number of aromatic nitrogens is 1. The van der Waals surface area contributed by atoms with Crippen LogP contribution in [0, 0.1) is 11.8 Å². The number of hydrogen-bond donors (Lipinski definition) is 3. The van der Waals surface area contributed by atoms with Crippen molar-refractivity contribution in [1.82, 2.24) is 8.51 Å². The van der Waals surface area contributed by atoms with Crippen LogP contribution in [0.3, 0.4) is 0 Å². The predicted octanol–water partition coefficient (Wildman–Crippen LogP) is 0.957. The second-order valence-corrected chi connectivity index (χ2v) is 12.0. The number of hydrogen-bond acceptors (Lipinski definition) is 5. The normalized spacial score (nSPS) is 20.6. The first-order valence-electron chi connectivity index (χ1n) is 12.5. The molecule has 1 aliphatic carbocycles. The number of aliphatic carboxylic acids is 1. The van der Waals surface area contributed by atoms with Crippen LogP contribution in [0.4, 0.5) is 5.82 Å². The van der Waals surface area contributed by atoms with Crippen molar-refractivity contribution in [3.05, 3.63) is 23.4 Å². The molecule has 0 spiro atoms. The molecule has 186 valence electrons. The number of ether oxygens (including phenoxy) is 1. The summed E-state index contributed by atoms with van der Waals surface area (Å²) < 4.78 is 8.36. The van der Waals surface area contributed by atoms with E-state index >= 15 is 0 Å². The molecule has 1 aromatic rings. The van der Waals surface area contributed by atoms with E-state index in [-0.39, 0.29) is 12.0 Å². The fraction of sp³-hybridized carbons (Fsp3) is 0.720. The van der Waals surface area contributed by atoms with Crippen LogP contribution in [0.1, 0.15) is 76.5 Å². The van der Waals surface area contributed by atoms with Crippen LogP contribution >= 0.6 is 0 Å². The molecule has 1 saturated carbocycles. The van der Waals surface area contributed by atoms with Crippen molar-refractivity contribution in [2.24, 2.45) is 11.8 Å². The maximum atomic E-state index is 12.1. The summed E-state index contributed by atoms with van der Waals surface area (Å²) in [6.07, 6.45) is 9.66. The fourth-order valence-electron chi connectivity index (χ4n) is 4.47. The molecule has 0 radical (unpaired) electrons. The van der Waals surface area contributed by atoms with E-state index in [0.717, 1.165) is 63.0 Å². The summed E-state index contributed by atoms with van der Waals surface area (Å²) in [6.45, 7) is 5.64. The van der Waals surface area contributed by atoms with Gasteiger partial charge in [-0.05, 0) is 18.4 Å². The Labute approximate surface area is 208 Å². The first kappa shape index (κ1) is 26.2. The monoisotopic (exact) mass is 572 g/mol. The molecule has 1 aromatic heterocycles. The predicted molar refractivity (Wildman–Crippen MR) is 125 cm³/mol. The minimum absolute atomic E-state index is 0.00491. The van der Waals surface area contributed by atoms with Crippen LogP contribution in [0.2, 0.25) is 0 Å². The number of rotatable bonds is 14. The van der Waals surface area contributed by atoms with Gasteiger partial charge in [0.2, 0.25) is 0 Å². The molecule has 2 aliphatic rings.